The van der Waals surface area contributed by atoms with E-state index in [0.29, 0.717) is 12.3 Å². The van der Waals surface area contributed by atoms with Crippen molar-refractivity contribution >= 4 is 6.03 Å². The number of hydrogen-bond donors (Lipinski definition) is 0. The minimum absolute atomic E-state index is 0.131. The molecule has 2 rings (SSSR count). The third kappa shape index (κ3) is 2.88. The van der Waals surface area contributed by atoms with Crippen LogP contribution in [0.15, 0.2) is 42.9 Å². The van der Waals surface area contributed by atoms with Gasteiger partial charge in [-0.1, -0.05) is 18.2 Å². The van der Waals surface area contributed by atoms with Gasteiger partial charge in [-0.3, -0.25) is 4.57 Å². The molecule has 1 aromatic carbocycles. The molecule has 1 amide bonds. The summed E-state index contributed by atoms with van der Waals surface area (Å²) in [6.45, 7) is 0.345. The van der Waals surface area contributed by atoms with Gasteiger partial charge in [0.2, 0.25) is 0 Å². The van der Waals surface area contributed by atoms with Crippen molar-refractivity contribution in [1.29, 1.82) is 0 Å². The van der Waals surface area contributed by atoms with Gasteiger partial charge in [-0.2, -0.15) is 0 Å². The standard InChI is InChI=1S/C13H15N3O2/c1-15(2)13(17)16-8-11(14-10-16)9-18-12-6-4-3-5-7-12/h3-8,10H,9H2,1-2H3. The molecule has 0 aliphatic rings. The number of carbonyl (C=O) groups excluding carboxylic acids is 1. The van der Waals surface area contributed by atoms with E-state index in [9.17, 15) is 4.79 Å². The van der Waals surface area contributed by atoms with Crippen LogP contribution in [0.2, 0.25) is 0 Å². The van der Waals surface area contributed by atoms with Crippen LogP contribution < -0.4 is 4.74 Å². The summed E-state index contributed by atoms with van der Waals surface area (Å²) in [7, 11) is 3.39. The number of benzene rings is 1. The molecule has 0 radical (unpaired) electrons. The molecule has 0 aliphatic heterocycles. The van der Waals surface area contributed by atoms with Crippen molar-refractivity contribution in [1.82, 2.24) is 14.5 Å². The van der Waals surface area contributed by atoms with E-state index in [1.807, 2.05) is 30.3 Å². The number of amides is 1. The number of imidazole rings is 1. The second-order valence-electron chi connectivity index (χ2n) is 4.05. The Bertz CT molecular complexity index is 520. The molecule has 0 bridgehead atoms. The summed E-state index contributed by atoms with van der Waals surface area (Å²) in [5, 5.41) is 0. The van der Waals surface area contributed by atoms with Gasteiger partial charge in [0.15, 0.2) is 0 Å². The SMILES string of the molecule is CN(C)C(=O)n1cnc(COc2ccccc2)c1. The van der Waals surface area contributed by atoms with Gasteiger partial charge in [-0.15, -0.1) is 0 Å². The molecule has 0 spiro atoms. The Morgan fingerprint density at radius 3 is 2.72 bits per heavy atom. The lowest BCUT2D eigenvalue weighted by Gasteiger charge is -2.09. The zero-order chi connectivity index (χ0) is 13.0. The quantitative estimate of drug-likeness (QED) is 0.830. The molecule has 0 fully saturated rings. The molecule has 0 saturated heterocycles. The molecular weight excluding hydrogens is 230 g/mol. The van der Waals surface area contributed by atoms with Crippen LogP contribution in [0.25, 0.3) is 0 Å². The topological polar surface area (TPSA) is 47.4 Å². The first-order chi connectivity index (χ1) is 8.66. The maximum Gasteiger partial charge on any atom is 0.328 e. The van der Waals surface area contributed by atoms with Crippen molar-refractivity contribution in [3.63, 3.8) is 0 Å². The van der Waals surface area contributed by atoms with Crippen LogP contribution in [0.1, 0.15) is 5.69 Å². The molecule has 0 atom stereocenters. The lowest BCUT2D eigenvalue weighted by molar-refractivity contribution is 0.219. The molecule has 5 heteroatoms. The van der Waals surface area contributed by atoms with Gasteiger partial charge in [0.05, 0.1) is 5.69 Å². The average molecular weight is 245 g/mol. The molecule has 0 unspecified atom stereocenters. The number of rotatable bonds is 3. The fourth-order valence-electron chi connectivity index (χ4n) is 1.45. The third-order valence-electron chi connectivity index (χ3n) is 2.37. The maximum atomic E-state index is 11.6. The summed E-state index contributed by atoms with van der Waals surface area (Å²) in [6.07, 6.45) is 3.16. The van der Waals surface area contributed by atoms with Crippen molar-refractivity contribution in [3.8, 4) is 5.75 Å². The van der Waals surface area contributed by atoms with Gasteiger partial charge in [-0.25, -0.2) is 9.78 Å². The Balaban J connectivity index is 1.97. The second kappa shape index (κ2) is 5.35. The number of hydrogen-bond acceptors (Lipinski definition) is 3. The van der Waals surface area contributed by atoms with E-state index in [1.54, 1.807) is 20.3 Å². The molecular formula is C13H15N3O2. The molecule has 1 aromatic heterocycles. The summed E-state index contributed by atoms with van der Waals surface area (Å²) in [5.74, 6) is 0.783. The van der Waals surface area contributed by atoms with Crippen LogP contribution in [-0.4, -0.2) is 34.6 Å². The summed E-state index contributed by atoms with van der Waals surface area (Å²) < 4.78 is 6.98. The average Bonchev–Trinajstić information content (AvgIpc) is 2.85. The van der Waals surface area contributed by atoms with E-state index in [2.05, 4.69) is 4.98 Å². The number of carbonyl (C=O) groups is 1. The van der Waals surface area contributed by atoms with Gasteiger partial charge in [0.1, 0.15) is 18.7 Å². The number of aromatic nitrogens is 2. The third-order valence-corrected chi connectivity index (χ3v) is 2.37. The number of ether oxygens (including phenoxy) is 1. The first-order valence-electron chi connectivity index (χ1n) is 5.59. The van der Waals surface area contributed by atoms with E-state index in [0.717, 1.165) is 5.75 Å². The minimum Gasteiger partial charge on any atom is -0.487 e. The molecule has 0 N–H and O–H groups in total. The molecule has 5 nitrogen and oxygen atoms in total. The Hall–Kier alpha value is -2.30. The van der Waals surface area contributed by atoms with E-state index >= 15 is 0 Å². The fourth-order valence-corrected chi connectivity index (χ4v) is 1.45. The van der Waals surface area contributed by atoms with Crippen LogP contribution in [0.3, 0.4) is 0 Å². The normalized spacial score (nSPS) is 10.1. The van der Waals surface area contributed by atoms with Crippen molar-refractivity contribution in [3.05, 3.63) is 48.5 Å². The summed E-state index contributed by atoms with van der Waals surface area (Å²) in [5.41, 5.74) is 0.717. The Morgan fingerprint density at radius 2 is 2.06 bits per heavy atom. The first-order valence-corrected chi connectivity index (χ1v) is 5.59. The fraction of sp³-hybridized carbons (Fsp3) is 0.231. The molecule has 2 aromatic rings. The van der Waals surface area contributed by atoms with Crippen LogP contribution in [0.4, 0.5) is 4.79 Å². The number of para-hydroxylation sites is 1. The minimum atomic E-state index is -0.131. The monoisotopic (exact) mass is 245 g/mol. The van der Waals surface area contributed by atoms with Gasteiger partial charge in [0.25, 0.3) is 0 Å². The summed E-state index contributed by atoms with van der Waals surface area (Å²) in [4.78, 5) is 17.3. The maximum absolute atomic E-state index is 11.6. The van der Waals surface area contributed by atoms with Gasteiger partial charge in [-0.05, 0) is 12.1 Å². The van der Waals surface area contributed by atoms with Crippen molar-refractivity contribution in [2.45, 2.75) is 6.61 Å². The van der Waals surface area contributed by atoms with Crippen LogP contribution in [-0.2, 0) is 6.61 Å². The van der Waals surface area contributed by atoms with Crippen LogP contribution >= 0.6 is 0 Å². The zero-order valence-electron chi connectivity index (χ0n) is 10.4. The molecule has 1 heterocycles. The van der Waals surface area contributed by atoms with E-state index in [1.165, 1.54) is 15.8 Å². The van der Waals surface area contributed by atoms with E-state index < -0.39 is 0 Å². The highest BCUT2D eigenvalue weighted by molar-refractivity contribution is 5.76. The van der Waals surface area contributed by atoms with Gasteiger partial charge < -0.3 is 9.64 Å². The number of nitrogens with zero attached hydrogens (tertiary/aromatic N) is 3. The molecule has 94 valence electrons. The van der Waals surface area contributed by atoms with E-state index in [-0.39, 0.29) is 6.03 Å². The predicted molar refractivity (Wildman–Crippen MR) is 67.5 cm³/mol. The van der Waals surface area contributed by atoms with Crippen molar-refractivity contribution in [2.75, 3.05) is 14.1 Å². The highest BCUT2D eigenvalue weighted by Gasteiger charge is 2.08. The van der Waals surface area contributed by atoms with Crippen molar-refractivity contribution < 1.29 is 9.53 Å². The van der Waals surface area contributed by atoms with Crippen molar-refractivity contribution in [2.24, 2.45) is 0 Å². The smallest absolute Gasteiger partial charge is 0.328 e. The first kappa shape index (κ1) is 12.2. The highest BCUT2D eigenvalue weighted by atomic mass is 16.5. The van der Waals surface area contributed by atoms with Crippen LogP contribution in [0.5, 0.6) is 5.75 Å². The van der Waals surface area contributed by atoms with Gasteiger partial charge >= 0.3 is 6.03 Å². The van der Waals surface area contributed by atoms with Crippen LogP contribution in [0, 0.1) is 0 Å². The summed E-state index contributed by atoms with van der Waals surface area (Å²) in [6, 6.07) is 9.36. The highest BCUT2D eigenvalue weighted by Crippen LogP contribution is 2.10. The van der Waals surface area contributed by atoms with Gasteiger partial charge in [0, 0.05) is 20.3 Å². The lowest BCUT2D eigenvalue weighted by Crippen LogP contribution is -2.26. The van der Waals surface area contributed by atoms with E-state index in [4.69, 9.17) is 4.74 Å². The Kier molecular flexibility index (Phi) is 3.62. The molecule has 0 aliphatic carbocycles. The molecule has 0 saturated carbocycles. The predicted octanol–water partition coefficient (Wildman–Crippen LogP) is 1.99. The second-order valence-corrected chi connectivity index (χ2v) is 4.05. The molecule has 18 heavy (non-hydrogen) atoms. The zero-order valence-corrected chi connectivity index (χ0v) is 10.4. The lowest BCUT2D eigenvalue weighted by atomic mass is 10.3. The summed E-state index contributed by atoms with van der Waals surface area (Å²) >= 11 is 0. The Morgan fingerprint density at radius 1 is 1.33 bits per heavy atom. The Labute approximate surface area is 106 Å². The largest absolute Gasteiger partial charge is 0.487 e.